The highest BCUT2D eigenvalue weighted by Crippen LogP contribution is 2.29. The lowest BCUT2D eigenvalue weighted by molar-refractivity contribution is -0.137. The molecule has 100 valence electrons. The van der Waals surface area contributed by atoms with Gasteiger partial charge < -0.3 is 9.84 Å². The van der Waals surface area contributed by atoms with Gasteiger partial charge in [0, 0.05) is 6.42 Å². The molecule has 0 radical (unpaired) electrons. The molecule has 0 saturated heterocycles. The number of ether oxygens (including phenoxy) is 1. The molecule has 0 amide bonds. The van der Waals surface area contributed by atoms with Crippen molar-refractivity contribution in [2.24, 2.45) is 0 Å². The lowest BCUT2D eigenvalue weighted by atomic mass is 9.98. The van der Waals surface area contributed by atoms with Crippen molar-refractivity contribution in [3.8, 4) is 5.75 Å². The van der Waals surface area contributed by atoms with Crippen LogP contribution in [-0.2, 0) is 11.2 Å². The molecule has 0 unspecified atom stereocenters. The number of hydrogen-bond acceptors (Lipinski definition) is 2. The Bertz CT molecular complexity index is 422. The minimum Gasteiger partial charge on any atom is -0.490 e. The monoisotopic (exact) mass is 250 g/mol. The highest BCUT2D eigenvalue weighted by molar-refractivity contribution is 5.66. The third kappa shape index (κ3) is 4.06. The largest absolute Gasteiger partial charge is 0.490 e. The maximum Gasteiger partial charge on any atom is 0.303 e. The summed E-state index contributed by atoms with van der Waals surface area (Å²) in [5.74, 6) is 0.182. The van der Waals surface area contributed by atoms with Crippen molar-refractivity contribution in [3.63, 3.8) is 0 Å². The molecule has 0 heterocycles. The van der Waals surface area contributed by atoms with E-state index in [9.17, 15) is 4.79 Å². The number of carboxylic acid groups (broad SMARTS) is 1. The maximum absolute atomic E-state index is 10.6. The Morgan fingerprint density at radius 3 is 2.44 bits per heavy atom. The molecule has 1 rings (SSSR count). The summed E-state index contributed by atoms with van der Waals surface area (Å²) in [6.07, 6.45) is 1.73. The first kappa shape index (κ1) is 14.6. The van der Waals surface area contributed by atoms with E-state index in [1.165, 1.54) is 5.56 Å². The summed E-state index contributed by atoms with van der Waals surface area (Å²) in [5, 5.41) is 8.70. The van der Waals surface area contributed by atoms with Crippen LogP contribution in [0.25, 0.3) is 0 Å². The Labute approximate surface area is 109 Å². The van der Waals surface area contributed by atoms with Gasteiger partial charge in [-0.25, -0.2) is 0 Å². The Morgan fingerprint density at radius 2 is 1.89 bits per heavy atom. The zero-order valence-electron chi connectivity index (χ0n) is 11.6. The lowest BCUT2D eigenvalue weighted by Crippen LogP contribution is -2.10. The summed E-state index contributed by atoms with van der Waals surface area (Å²) in [7, 11) is 0. The van der Waals surface area contributed by atoms with E-state index in [4.69, 9.17) is 9.84 Å². The second kappa shape index (κ2) is 6.43. The SMILES string of the molecule is Cc1ccc(C)c(OC(C)C)c1CCCC(=O)O. The average molecular weight is 250 g/mol. The number of benzene rings is 1. The molecule has 0 aliphatic rings. The number of carbonyl (C=O) groups is 1. The van der Waals surface area contributed by atoms with Crippen LogP contribution in [0.2, 0.25) is 0 Å². The van der Waals surface area contributed by atoms with Gasteiger partial charge in [-0.3, -0.25) is 4.79 Å². The van der Waals surface area contributed by atoms with E-state index in [0.29, 0.717) is 6.42 Å². The van der Waals surface area contributed by atoms with E-state index in [-0.39, 0.29) is 12.5 Å². The van der Waals surface area contributed by atoms with Gasteiger partial charge >= 0.3 is 5.97 Å². The van der Waals surface area contributed by atoms with E-state index < -0.39 is 5.97 Å². The summed E-state index contributed by atoms with van der Waals surface area (Å²) in [6, 6.07) is 4.12. The first-order valence-corrected chi connectivity index (χ1v) is 6.39. The summed E-state index contributed by atoms with van der Waals surface area (Å²) in [6.45, 7) is 8.08. The van der Waals surface area contributed by atoms with Crippen LogP contribution in [0.4, 0.5) is 0 Å². The molecule has 0 fully saturated rings. The van der Waals surface area contributed by atoms with Gasteiger partial charge in [0.15, 0.2) is 0 Å². The van der Waals surface area contributed by atoms with Crippen LogP contribution in [0, 0.1) is 13.8 Å². The number of aliphatic carboxylic acids is 1. The fourth-order valence-electron chi connectivity index (χ4n) is 1.97. The summed E-state index contributed by atoms with van der Waals surface area (Å²) < 4.78 is 5.87. The first-order valence-electron chi connectivity index (χ1n) is 6.39. The van der Waals surface area contributed by atoms with Gasteiger partial charge in [0.2, 0.25) is 0 Å². The number of hydrogen-bond donors (Lipinski definition) is 1. The Hall–Kier alpha value is -1.51. The van der Waals surface area contributed by atoms with E-state index in [1.807, 2.05) is 33.8 Å². The van der Waals surface area contributed by atoms with E-state index in [0.717, 1.165) is 23.3 Å². The molecule has 0 saturated carbocycles. The van der Waals surface area contributed by atoms with Crippen LogP contribution >= 0.6 is 0 Å². The molecule has 0 atom stereocenters. The third-order valence-electron chi connectivity index (χ3n) is 2.86. The van der Waals surface area contributed by atoms with Crippen molar-refractivity contribution in [1.82, 2.24) is 0 Å². The standard InChI is InChI=1S/C15H22O3/c1-10(2)18-15-12(4)9-8-11(3)13(15)6-5-7-14(16)17/h8-10H,5-7H2,1-4H3,(H,16,17). The topological polar surface area (TPSA) is 46.5 Å². The third-order valence-corrected chi connectivity index (χ3v) is 2.86. The molecular formula is C15H22O3. The Balaban J connectivity index is 2.92. The zero-order valence-corrected chi connectivity index (χ0v) is 11.6. The molecule has 1 aromatic carbocycles. The predicted octanol–water partition coefficient (Wildman–Crippen LogP) is 3.50. The van der Waals surface area contributed by atoms with E-state index >= 15 is 0 Å². The second-order valence-corrected chi connectivity index (χ2v) is 4.92. The number of aryl methyl sites for hydroxylation is 2. The summed E-state index contributed by atoms with van der Waals surface area (Å²) >= 11 is 0. The average Bonchev–Trinajstić information content (AvgIpc) is 2.26. The van der Waals surface area contributed by atoms with Crippen LogP contribution in [0.3, 0.4) is 0 Å². The quantitative estimate of drug-likeness (QED) is 0.840. The molecule has 1 aromatic rings. The molecule has 0 bridgehead atoms. The molecule has 1 N–H and O–H groups in total. The highest BCUT2D eigenvalue weighted by atomic mass is 16.5. The van der Waals surface area contributed by atoms with Gasteiger partial charge in [0.25, 0.3) is 0 Å². The highest BCUT2D eigenvalue weighted by Gasteiger charge is 2.12. The first-order chi connectivity index (χ1) is 8.41. The van der Waals surface area contributed by atoms with Gasteiger partial charge in [0.05, 0.1) is 6.10 Å². The second-order valence-electron chi connectivity index (χ2n) is 4.92. The number of carboxylic acids is 1. The van der Waals surface area contributed by atoms with Crippen LogP contribution < -0.4 is 4.74 Å². The molecule has 3 nitrogen and oxygen atoms in total. The Morgan fingerprint density at radius 1 is 1.28 bits per heavy atom. The Kier molecular flexibility index (Phi) is 5.20. The van der Waals surface area contributed by atoms with Gasteiger partial charge in [-0.05, 0) is 57.2 Å². The van der Waals surface area contributed by atoms with Crippen molar-refractivity contribution < 1.29 is 14.6 Å². The molecule has 0 spiro atoms. The van der Waals surface area contributed by atoms with Gasteiger partial charge in [-0.2, -0.15) is 0 Å². The lowest BCUT2D eigenvalue weighted by Gasteiger charge is -2.18. The predicted molar refractivity (Wildman–Crippen MR) is 72.3 cm³/mol. The van der Waals surface area contributed by atoms with Crippen molar-refractivity contribution in [2.45, 2.75) is 53.1 Å². The van der Waals surface area contributed by atoms with E-state index in [1.54, 1.807) is 0 Å². The van der Waals surface area contributed by atoms with Crippen molar-refractivity contribution >= 4 is 5.97 Å². The fraction of sp³-hybridized carbons (Fsp3) is 0.533. The molecule has 18 heavy (non-hydrogen) atoms. The van der Waals surface area contributed by atoms with Crippen LogP contribution in [-0.4, -0.2) is 17.2 Å². The van der Waals surface area contributed by atoms with E-state index in [2.05, 4.69) is 6.07 Å². The molecule has 0 aliphatic carbocycles. The smallest absolute Gasteiger partial charge is 0.303 e. The van der Waals surface area contributed by atoms with Crippen LogP contribution in [0.15, 0.2) is 12.1 Å². The van der Waals surface area contributed by atoms with Crippen LogP contribution in [0.5, 0.6) is 5.75 Å². The van der Waals surface area contributed by atoms with Crippen molar-refractivity contribution in [2.75, 3.05) is 0 Å². The molecule has 0 aliphatic heterocycles. The summed E-state index contributed by atoms with van der Waals surface area (Å²) in [4.78, 5) is 10.6. The molecule has 0 aromatic heterocycles. The van der Waals surface area contributed by atoms with Crippen molar-refractivity contribution in [1.29, 1.82) is 0 Å². The minimum atomic E-state index is -0.744. The van der Waals surface area contributed by atoms with Gasteiger partial charge in [-0.15, -0.1) is 0 Å². The summed E-state index contributed by atoms with van der Waals surface area (Å²) in [5.41, 5.74) is 3.42. The van der Waals surface area contributed by atoms with Gasteiger partial charge in [-0.1, -0.05) is 12.1 Å². The zero-order chi connectivity index (χ0) is 13.7. The maximum atomic E-state index is 10.6. The molecular weight excluding hydrogens is 228 g/mol. The molecule has 3 heteroatoms. The van der Waals surface area contributed by atoms with Gasteiger partial charge in [0.1, 0.15) is 5.75 Å². The van der Waals surface area contributed by atoms with Crippen LogP contribution in [0.1, 0.15) is 43.4 Å². The minimum absolute atomic E-state index is 0.128. The fourth-order valence-corrected chi connectivity index (χ4v) is 1.97. The number of rotatable bonds is 6. The van der Waals surface area contributed by atoms with Crippen molar-refractivity contribution in [3.05, 3.63) is 28.8 Å². The normalized spacial score (nSPS) is 10.7.